The summed E-state index contributed by atoms with van der Waals surface area (Å²) in [5.41, 5.74) is 2.61. The molecule has 1 fully saturated rings. The first-order valence-electron chi connectivity index (χ1n) is 11.3. The lowest BCUT2D eigenvalue weighted by atomic mass is 9.79. The van der Waals surface area contributed by atoms with Crippen LogP contribution in [0.25, 0.3) is 10.9 Å². The minimum Gasteiger partial charge on any atom is -0.361 e. The highest BCUT2D eigenvalue weighted by atomic mass is 16.2. The number of nitrogens with zero attached hydrogens (tertiary/aromatic N) is 1. The van der Waals surface area contributed by atoms with Crippen LogP contribution < -0.4 is 5.32 Å². The largest absolute Gasteiger partial charge is 0.361 e. The van der Waals surface area contributed by atoms with Gasteiger partial charge in [0, 0.05) is 47.2 Å². The molecule has 0 atom stereocenters. The topological polar surface area (TPSA) is 48.1 Å². The second-order valence-electron chi connectivity index (χ2n) is 10.1. The summed E-state index contributed by atoms with van der Waals surface area (Å²) in [5.74, 6) is 0.330. The summed E-state index contributed by atoms with van der Waals surface area (Å²) in [6.45, 7) is 12.1. The van der Waals surface area contributed by atoms with Crippen molar-refractivity contribution in [3.63, 3.8) is 0 Å². The normalized spacial score (nSPS) is 18.8. The molecule has 2 N–H and O–H groups in total. The van der Waals surface area contributed by atoms with Crippen molar-refractivity contribution in [1.29, 1.82) is 0 Å². The van der Waals surface area contributed by atoms with Gasteiger partial charge < -0.3 is 15.2 Å². The van der Waals surface area contributed by atoms with Gasteiger partial charge in [0.15, 0.2) is 0 Å². The lowest BCUT2D eigenvalue weighted by Gasteiger charge is -2.49. The van der Waals surface area contributed by atoms with Crippen LogP contribution in [0.1, 0.15) is 78.7 Å². The first-order valence-corrected chi connectivity index (χ1v) is 11.3. The van der Waals surface area contributed by atoms with Gasteiger partial charge in [-0.1, -0.05) is 31.5 Å². The van der Waals surface area contributed by atoms with Crippen molar-refractivity contribution in [3.8, 4) is 0 Å². The number of amides is 1. The molecular weight excluding hydrogens is 358 g/mol. The van der Waals surface area contributed by atoms with E-state index < -0.39 is 0 Å². The number of unbranched alkanes of at least 4 members (excludes halogenated alkanes) is 1. The van der Waals surface area contributed by atoms with Gasteiger partial charge in [-0.2, -0.15) is 0 Å². The molecule has 29 heavy (non-hydrogen) atoms. The van der Waals surface area contributed by atoms with Crippen LogP contribution in [-0.2, 0) is 11.2 Å². The highest BCUT2D eigenvalue weighted by molar-refractivity contribution is 5.83. The number of nitrogens with one attached hydrogen (secondary N) is 2. The van der Waals surface area contributed by atoms with E-state index >= 15 is 0 Å². The van der Waals surface area contributed by atoms with Gasteiger partial charge in [0.1, 0.15) is 0 Å². The van der Waals surface area contributed by atoms with Gasteiger partial charge in [-0.05, 0) is 71.4 Å². The SMILES string of the molecule is CCCCN(C(=O)CCCc1c[nH]c2ccccc12)C1CC(C)(C)NC(C)(C)C1. The van der Waals surface area contributed by atoms with E-state index in [2.05, 4.69) is 80.3 Å². The van der Waals surface area contributed by atoms with Crippen molar-refractivity contribution in [1.82, 2.24) is 15.2 Å². The van der Waals surface area contributed by atoms with Gasteiger partial charge in [-0.25, -0.2) is 0 Å². The molecule has 3 rings (SSSR count). The monoisotopic (exact) mass is 397 g/mol. The second kappa shape index (κ2) is 8.91. The van der Waals surface area contributed by atoms with E-state index in [9.17, 15) is 4.79 Å². The molecule has 0 spiro atoms. The first kappa shape index (κ1) is 21.9. The summed E-state index contributed by atoms with van der Waals surface area (Å²) in [6, 6.07) is 8.73. The summed E-state index contributed by atoms with van der Waals surface area (Å²) >= 11 is 0. The van der Waals surface area contributed by atoms with Crippen molar-refractivity contribution < 1.29 is 4.79 Å². The molecule has 160 valence electrons. The highest BCUT2D eigenvalue weighted by Crippen LogP contribution is 2.32. The van der Waals surface area contributed by atoms with E-state index in [0.29, 0.717) is 18.4 Å². The molecule has 0 bridgehead atoms. The third kappa shape index (κ3) is 5.63. The van der Waals surface area contributed by atoms with Gasteiger partial charge in [-0.3, -0.25) is 4.79 Å². The third-order valence-electron chi connectivity index (χ3n) is 6.19. The van der Waals surface area contributed by atoms with Crippen LogP contribution in [0, 0.1) is 0 Å². The molecular formula is C25H39N3O. The average molecular weight is 398 g/mol. The minimum absolute atomic E-state index is 0.0567. The van der Waals surface area contributed by atoms with E-state index in [0.717, 1.165) is 45.1 Å². The summed E-state index contributed by atoms with van der Waals surface area (Å²) in [5, 5.41) is 5.03. The summed E-state index contributed by atoms with van der Waals surface area (Å²) in [6.07, 6.45) is 8.83. The number of hydrogen-bond donors (Lipinski definition) is 2. The summed E-state index contributed by atoms with van der Waals surface area (Å²) in [7, 11) is 0. The van der Waals surface area contributed by atoms with Gasteiger partial charge in [-0.15, -0.1) is 0 Å². The molecule has 1 amide bonds. The Labute approximate surface area is 176 Å². The van der Waals surface area contributed by atoms with Gasteiger partial charge in [0.05, 0.1) is 0 Å². The van der Waals surface area contributed by atoms with Crippen molar-refractivity contribution in [2.45, 2.75) is 96.7 Å². The number of piperidine rings is 1. The maximum absolute atomic E-state index is 13.3. The molecule has 4 nitrogen and oxygen atoms in total. The third-order valence-corrected chi connectivity index (χ3v) is 6.19. The van der Waals surface area contributed by atoms with Crippen LogP contribution in [0.4, 0.5) is 0 Å². The fourth-order valence-electron chi connectivity index (χ4n) is 5.24. The number of benzene rings is 1. The highest BCUT2D eigenvalue weighted by Gasteiger charge is 2.40. The molecule has 0 saturated carbocycles. The molecule has 1 aliphatic rings. The number of H-pyrrole nitrogens is 1. The summed E-state index contributed by atoms with van der Waals surface area (Å²) < 4.78 is 0. The molecule has 1 saturated heterocycles. The zero-order chi connectivity index (χ0) is 21.1. The first-order chi connectivity index (χ1) is 13.7. The van der Waals surface area contributed by atoms with Crippen LogP contribution in [0.2, 0.25) is 0 Å². The lowest BCUT2D eigenvalue weighted by molar-refractivity contribution is -0.135. The number of rotatable bonds is 8. The molecule has 0 aliphatic carbocycles. The number of carbonyl (C=O) groups is 1. The number of para-hydroxylation sites is 1. The standard InChI is InChI=1S/C25H39N3O/c1-6-7-15-28(20-16-24(2,3)27-25(4,5)17-20)23(29)14-10-11-19-18-26-22-13-9-8-12-21(19)22/h8-9,12-13,18,20,26-27H,6-7,10-11,14-17H2,1-5H3. The lowest BCUT2D eigenvalue weighted by Crippen LogP contribution is -2.62. The smallest absolute Gasteiger partial charge is 0.222 e. The Bertz CT molecular complexity index is 804. The Morgan fingerprint density at radius 3 is 2.48 bits per heavy atom. The van der Waals surface area contributed by atoms with E-state index in [1.54, 1.807) is 0 Å². The number of aromatic nitrogens is 1. The van der Waals surface area contributed by atoms with Crippen LogP contribution >= 0.6 is 0 Å². The maximum atomic E-state index is 13.3. The minimum atomic E-state index is 0.0567. The number of aromatic amines is 1. The van der Waals surface area contributed by atoms with Crippen molar-refractivity contribution in [2.75, 3.05) is 6.54 Å². The predicted octanol–water partition coefficient (Wildman–Crippen LogP) is 5.43. The average Bonchev–Trinajstić information content (AvgIpc) is 3.03. The Morgan fingerprint density at radius 1 is 1.10 bits per heavy atom. The van der Waals surface area contributed by atoms with Crippen LogP contribution in [0.15, 0.2) is 30.5 Å². The molecule has 2 heterocycles. The number of hydrogen-bond acceptors (Lipinski definition) is 2. The molecule has 4 heteroatoms. The zero-order valence-corrected chi connectivity index (χ0v) is 19.0. The van der Waals surface area contributed by atoms with Crippen molar-refractivity contribution >= 4 is 16.8 Å². The number of fused-ring (bicyclic) bond motifs is 1. The molecule has 1 aromatic carbocycles. The molecule has 1 aromatic heterocycles. The quantitative estimate of drug-likeness (QED) is 0.624. The Balaban J connectivity index is 1.64. The maximum Gasteiger partial charge on any atom is 0.222 e. The van der Waals surface area contributed by atoms with Crippen molar-refractivity contribution in [3.05, 3.63) is 36.0 Å². The van der Waals surface area contributed by atoms with Crippen LogP contribution in [0.5, 0.6) is 0 Å². The Kier molecular flexibility index (Phi) is 6.72. The van der Waals surface area contributed by atoms with E-state index in [-0.39, 0.29) is 11.1 Å². The predicted molar refractivity (Wildman–Crippen MR) is 122 cm³/mol. The molecule has 2 aromatic rings. The second-order valence-corrected chi connectivity index (χ2v) is 10.1. The van der Waals surface area contributed by atoms with Gasteiger partial charge in [0.25, 0.3) is 0 Å². The zero-order valence-electron chi connectivity index (χ0n) is 19.0. The van der Waals surface area contributed by atoms with Gasteiger partial charge in [0.2, 0.25) is 5.91 Å². The van der Waals surface area contributed by atoms with E-state index in [1.165, 1.54) is 16.5 Å². The number of aryl methyl sites for hydroxylation is 1. The van der Waals surface area contributed by atoms with E-state index in [4.69, 9.17) is 0 Å². The van der Waals surface area contributed by atoms with Crippen molar-refractivity contribution in [2.24, 2.45) is 0 Å². The fourth-order valence-corrected chi connectivity index (χ4v) is 5.24. The molecule has 0 unspecified atom stereocenters. The molecule has 0 radical (unpaired) electrons. The number of carbonyl (C=O) groups excluding carboxylic acids is 1. The Morgan fingerprint density at radius 2 is 1.79 bits per heavy atom. The fraction of sp³-hybridized carbons (Fsp3) is 0.640. The Hall–Kier alpha value is -1.81. The molecule has 1 aliphatic heterocycles. The van der Waals surface area contributed by atoms with Crippen LogP contribution in [-0.4, -0.2) is 39.5 Å². The van der Waals surface area contributed by atoms with Gasteiger partial charge >= 0.3 is 0 Å². The van der Waals surface area contributed by atoms with Crippen LogP contribution in [0.3, 0.4) is 0 Å². The van der Waals surface area contributed by atoms with E-state index in [1.807, 2.05) is 0 Å². The summed E-state index contributed by atoms with van der Waals surface area (Å²) in [4.78, 5) is 18.8.